The van der Waals surface area contributed by atoms with E-state index in [2.05, 4.69) is 9.97 Å². The summed E-state index contributed by atoms with van der Waals surface area (Å²) in [5.41, 5.74) is 8.12. The molecule has 4 heteroatoms. The van der Waals surface area contributed by atoms with Crippen molar-refractivity contribution in [3.63, 3.8) is 0 Å². The number of nitrogens with zero attached hydrogens (tertiary/aromatic N) is 2. The number of aromatic nitrogens is 2. The molecule has 1 aliphatic carbocycles. The monoisotopic (exact) mass is 253 g/mol. The Morgan fingerprint density at radius 3 is 2.37 bits per heavy atom. The second-order valence-electron chi connectivity index (χ2n) is 4.34. The number of hydrogen-bond acceptors (Lipinski definition) is 3. The summed E-state index contributed by atoms with van der Waals surface area (Å²) in [5.74, 6) is 0.0858. The zero-order valence-electron chi connectivity index (χ0n) is 10.1. The zero-order valence-corrected chi connectivity index (χ0v) is 10.1. The average Bonchev–Trinajstić information content (AvgIpc) is 2.93. The van der Waals surface area contributed by atoms with Crippen molar-refractivity contribution in [1.82, 2.24) is 9.97 Å². The third-order valence-electron chi connectivity index (χ3n) is 2.99. The molecule has 0 bridgehead atoms. The normalized spacial score (nSPS) is 14.2. The molecule has 19 heavy (non-hydrogen) atoms. The van der Waals surface area contributed by atoms with E-state index in [0.29, 0.717) is 5.69 Å². The van der Waals surface area contributed by atoms with Gasteiger partial charge >= 0.3 is 0 Å². The highest BCUT2D eigenvalue weighted by Crippen LogP contribution is 2.26. The molecule has 1 aromatic carbocycles. The summed E-state index contributed by atoms with van der Waals surface area (Å²) in [6.45, 7) is 0. The lowest BCUT2D eigenvalue weighted by Gasteiger charge is -2.08. The number of nitrogens with two attached hydrogens (primary N) is 1. The molecule has 1 heterocycles. The summed E-state index contributed by atoms with van der Waals surface area (Å²) >= 11 is 0. The summed E-state index contributed by atoms with van der Waals surface area (Å²) in [5, 5.41) is 0. The quantitative estimate of drug-likeness (QED) is 0.894. The molecule has 0 radical (unpaired) electrons. The molecule has 0 amide bonds. The predicted octanol–water partition coefficient (Wildman–Crippen LogP) is 3.07. The summed E-state index contributed by atoms with van der Waals surface area (Å²) in [7, 11) is 0. The molecule has 0 fully saturated rings. The Bertz CT molecular complexity index is 648. The number of anilines is 1. The van der Waals surface area contributed by atoms with Crippen LogP contribution in [-0.4, -0.2) is 9.97 Å². The second-order valence-corrected chi connectivity index (χ2v) is 4.34. The Labute approximate surface area is 110 Å². The van der Waals surface area contributed by atoms with Crippen molar-refractivity contribution < 1.29 is 4.39 Å². The van der Waals surface area contributed by atoms with Gasteiger partial charge in [-0.1, -0.05) is 24.3 Å². The van der Waals surface area contributed by atoms with E-state index in [4.69, 9.17) is 5.73 Å². The minimum Gasteiger partial charge on any atom is -0.368 e. The summed E-state index contributed by atoms with van der Waals surface area (Å²) in [6.07, 6.45) is 8.02. The van der Waals surface area contributed by atoms with E-state index < -0.39 is 0 Å². The minimum absolute atomic E-state index is 0.129. The van der Waals surface area contributed by atoms with Crippen LogP contribution in [0.4, 0.5) is 10.3 Å². The summed E-state index contributed by atoms with van der Waals surface area (Å²) < 4.78 is 12.9. The van der Waals surface area contributed by atoms with Crippen molar-refractivity contribution in [2.75, 3.05) is 5.73 Å². The van der Waals surface area contributed by atoms with E-state index in [1.165, 1.54) is 12.1 Å². The predicted molar refractivity (Wildman–Crippen MR) is 72.9 cm³/mol. The van der Waals surface area contributed by atoms with E-state index in [9.17, 15) is 4.39 Å². The van der Waals surface area contributed by atoms with Gasteiger partial charge in [0, 0.05) is 11.5 Å². The van der Waals surface area contributed by atoms with Crippen molar-refractivity contribution >= 4 is 5.95 Å². The number of nitrogen functional groups attached to an aromatic ring is 1. The Kier molecular flexibility index (Phi) is 2.83. The molecule has 2 aromatic rings. The highest BCUT2D eigenvalue weighted by atomic mass is 19.1. The van der Waals surface area contributed by atoms with Gasteiger partial charge in [0.25, 0.3) is 0 Å². The Morgan fingerprint density at radius 1 is 1.00 bits per heavy atom. The summed E-state index contributed by atoms with van der Waals surface area (Å²) in [4.78, 5) is 8.45. The molecule has 0 saturated heterocycles. The van der Waals surface area contributed by atoms with Crippen molar-refractivity contribution in [2.24, 2.45) is 0 Å². The number of allylic oxidation sites excluding steroid dienone is 4. The van der Waals surface area contributed by atoms with Gasteiger partial charge in [-0.15, -0.1) is 0 Å². The SMILES string of the molecule is Nc1nc(-c2ccc(F)cc2)cc(C2C=CC=C2)n1. The lowest BCUT2D eigenvalue weighted by Crippen LogP contribution is -2.02. The fourth-order valence-electron chi connectivity index (χ4n) is 2.05. The van der Waals surface area contributed by atoms with Gasteiger partial charge in [0.05, 0.1) is 11.4 Å². The van der Waals surface area contributed by atoms with Gasteiger partial charge in [0.15, 0.2) is 0 Å². The van der Waals surface area contributed by atoms with Gasteiger partial charge in [0.1, 0.15) is 5.82 Å². The number of benzene rings is 1. The van der Waals surface area contributed by atoms with Gasteiger partial charge in [-0.05, 0) is 30.3 Å². The molecule has 0 unspecified atom stereocenters. The largest absolute Gasteiger partial charge is 0.368 e. The molecule has 3 rings (SSSR count). The van der Waals surface area contributed by atoms with Crippen molar-refractivity contribution in [3.05, 3.63) is 66.1 Å². The van der Waals surface area contributed by atoms with E-state index in [1.807, 2.05) is 30.4 Å². The fourth-order valence-corrected chi connectivity index (χ4v) is 2.05. The molecule has 0 spiro atoms. The molecule has 94 valence electrons. The van der Waals surface area contributed by atoms with Crippen LogP contribution in [0.5, 0.6) is 0 Å². The second kappa shape index (κ2) is 4.65. The summed E-state index contributed by atoms with van der Waals surface area (Å²) in [6, 6.07) is 8.06. The van der Waals surface area contributed by atoms with Crippen LogP contribution in [0.15, 0.2) is 54.6 Å². The third-order valence-corrected chi connectivity index (χ3v) is 2.99. The average molecular weight is 253 g/mol. The first-order valence-electron chi connectivity index (χ1n) is 5.98. The third kappa shape index (κ3) is 2.38. The molecule has 0 aliphatic heterocycles. The lowest BCUT2D eigenvalue weighted by molar-refractivity contribution is 0.628. The Morgan fingerprint density at radius 2 is 1.68 bits per heavy atom. The first-order chi connectivity index (χ1) is 9.22. The Balaban J connectivity index is 2.04. The smallest absolute Gasteiger partial charge is 0.220 e. The molecule has 0 atom stereocenters. The maximum Gasteiger partial charge on any atom is 0.220 e. The van der Waals surface area contributed by atoms with E-state index in [1.54, 1.807) is 12.1 Å². The zero-order chi connectivity index (χ0) is 13.2. The standard InChI is InChI=1S/C15H12FN3/c16-12-7-5-11(6-8-12)14-9-13(18-15(17)19-14)10-3-1-2-4-10/h1-10H,(H2,17,18,19). The van der Waals surface area contributed by atoms with E-state index >= 15 is 0 Å². The molecule has 1 aromatic heterocycles. The van der Waals surface area contributed by atoms with Crippen LogP contribution in [0.3, 0.4) is 0 Å². The van der Waals surface area contributed by atoms with Crippen LogP contribution in [0.25, 0.3) is 11.3 Å². The number of hydrogen-bond donors (Lipinski definition) is 1. The molecular formula is C15H12FN3. The lowest BCUT2D eigenvalue weighted by atomic mass is 10.0. The van der Waals surface area contributed by atoms with Gasteiger partial charge in [-0.25, -0.2) is 14.4 Å². The van der Waals surface area contributed by atoms with Crippen LogP contribution in [0, 0.1) is 5.82 Å². The maximum absolute atomic E-state index is 12.9. The molecule has 2 N–H and O–H groups in total. The highest BCUT2D eigenvalue weighted by molar-refractivity contribution is 5.61. The fraction of sp³-hybridized carbons (Fsp3) is 0.0667. The molecule has 1 aliphatic rings. The van der Waals surface area contributed by atoms with Gasteiger partial charge in [-0.3, -0.25) is 0 Å². The topological polar surface area (TPSA) is 51.8 Å². The van der Waals surface area contributed by atoms with Crippen LogP contribution < -0.4 is 5.73 Å². The van der Waals surface area contributed by atoms with Gasteiger partial charge in [0.2, 0.25) is 5.95 Å². The van der Waals surface area contributed by atoms with E-state index in [-0.39, 0.29) is 17.7 Å². The number of halogens is 1. The highest BCUT2D eigenvalue weighted by Gasteiger charge is 2.12. The van der Waals surface area contributed by atoms with Gasteiger partial charge in [-0.2, -0.15) is 0 Å². The number of rotatable bonds is 2. The minimum atomic E-state index is -0.271. The van der Waals surface area contributed by atoms with Crippen LogP contribution >= 0.6 is 0 Å². The first kappa shape index (κ1) is 11.6. The van der Waals surface area contributed by atoms with Crippen molar-refractivity contribution in [2.45, 2.75) is 5.92 Å². The van der Waals surface area contributed by atoms with Crippen LogP contribution in [0.1, 0.15) is 11.6 Å². The van der Waals surface area contributed by atoms with Crippen LogP contribution in [0.2, 0.25) is 0 Å². The molecular weight excluding hydrogens is 241 g/mol. The van der Waals surface area contributed by atoms with Gasteiger partial charge < -0.3 is 5.73 Å². The van der Waals surface area contributed by atoms with Crippen molar-refractivity contribution in [1.29, 1.82) is 0 Å². The molecule has 3 nitrogen and oxygen atoms in total. The first-order valence-corrected chi connectivity index (χ1v) is 5.98. The van der Waals surface area contributed by atoms with Crippen LogP contribution in [-0.2, 0) is 0 Å². The maximum atomic E-state index is 12.9. The molecule has 0 saturated carbocycles. The van der Waals surface area contributed by atoms with Crippen molar-refractivity contribution in [3.8, 4) is 11.3 Å². The Hall–Kier alpha value is -2.49. The van der Waals surface area contributed by atoms with E-state index in [0.717, 1.165) is 11.3 Å².